The van der Waals surface area contributed by atoms with Crippen molar-refractivity contribution >= 4 is 17.1 Å². The lowest BCUT2D eigenvalue weighted by atomic mass is 9.96. The average Bonchev–Trinajstić information content (AvgIpc) is 2.49. The highest BCUT2D eigenvalue weighted by atomic mass is 16.6. The summed E-state index contributed by atoms with van der Waals surface area (Å²) in [5, 5.41) is 11.0. The first-order chi connectivity index (χ1) is 9.99. The van der Waals surface area contributed by atoms with Gasteiger partial charge in [-0.2, -0.15) is 0 Å². The molecular weight excluding hydrogens is 270 g/mol. The minimum absolute atomic E-state index is 0.0516. The predicted molar refractivity (Wildman–Crippen MR) is 84.4 cm³/mol. The largest absolute Gasteiger partial charge is 0.374 e. The smallest absolute Gasteiger partial charge is 0.273 e. The van der Waals surface area contributed by atoms with Crippen molar-refractivity contribution in [1.29, 1.82) is 0 Å². The van der Waals surface area contributed by atoms with E-state index in [1.807, 2.05) is 13.1 Å². The van der Waals surface area contributed by atoms with Crippen LogP contribution in [0, 0.1) is 16.0 Å². The van der Waals surface area contributed by atoms with Gasteiger partial charge in [0.25, 0.3) is 5.69 Å². The van der Waals surface area contributed by atoms with E-state index < -0.39 is 4.92 Å². The number of nitro groups is 1. The summed E-state index contributed by atoms with van der Waals surface area (Å²) >= 11 is 0. The zero-order valence-electron chi connectivity index (χ0n) is 12.6. The van der Waals surface area contributed by atoms with Crippen LogP contribution in [-0.4, -0.2) is 43.6 Å². The highest BCUT2D eigenvalue weighted by molar-refractivity contribution is 5.63. The normalized spacial score (nSPS) is 16.7. The molecule has 0 saturated carbocycles. The van der Waals surface area contributed by atoms with Crippen LogP contribution in [0.2, 0.25) is 0 Å². The molecule has 1 aromatic rings. The first-order valence-corrected chi connectivity index (χ1v) is 7.15. The van der Waals surface area contributed by atoms with E-state index in [4.69, 9.17) is 5.84 Å². The maximum atomic E-state index is 11.0. The minimum Gasteiger partial charge on any atom is -0.374 e. The van der Waals surface area contributed by atoms with Crippen molar-refractivity contribution in [2.24, 2.45) is 11.8 Å². The van der Waals surface area contributed by atoms with E-state index >= 15 is 0 Å². The first kappa shape index (κ1) is 15.5. The molecule has 0 aliphatic carbocycles. The summed E-state index contributed by atoms with van der Waals surface area (Å²) in [5.74, 6) is 6.02. The molecule has 7 heteroatoms. The molecule has 1 aliphatic rings. The zero-order valence-corrected chi connectivity index (χ0v) is 12.6. The maximum absolute atomic E-state index is 11.0. The summed E-state index contributed by atoms with van der Waals surface area (Å²) in [5.41, 5.74) is 3.91. The van der Waals surface area contributed by atoms with Gasteiger partial charge in [-0.15, -0.1) is 0 Å². The molecule has 0 amide bonds. The van der Waals surface area contributed by atoms with Crippen molar-refractivity contribution in [2.75, 3.05) is 44.1 Å². The van der Waals surface area contributed by atoms with Crippen LogP contribution in [0.3, 0.4) is 0 Å². The fourth-order valence-electron chi connectivity index (χ4n) is 2.74. The van der Waals surface area contributed by atoms with E-state index in [1.165, 1.54) is 6.07 Å². The molecule has 0 bridgehead atoms. The number of hydrogen-bond acceptors (Lipinski definition) is 6. The monoisotopic (exact) mass is 293 g/mol. The molecule has 0 aromatic heterocycles. The molecule has 1 fully saturated rings. The Balaban J connectivity index is 2.09. The van der Waals surface area contributed by atoms with Gasteiger partial charge in [0.2, 0.25) is 0 Å². The van der Waals surface area contributed by atoms with Crippen molar-refractivity contribution in [2.45, 2.75) is 12.8 Å². The van der Waals surface area contributed by atoms with Crippen LogP contribution in [0.15, 0.2) is 18.2 Å². The second-order valence-electron chi connectivity index (χ2n) is 5.77. The molecule has 1 aliphatic heterocycles. The fourth-order valence-corrected chi connectivity index (χ4v) is 2.74. The summed E-state index contributed by atoms with van der Waals surface area (Å²) in [6.45, 7) is 3.13. The van der Waals surface area contributed by atoms with E-state index in [-0.39, 0.29) is 5.69 Å². The van der Waals surface area contributed by atoms with E-state index in [9.17, 15) is 10.1 Å². The standard InChI is InChI=1S/C14H23N5O2/c1-17-5-3-11(4-6-17)10-18(2)13-7-12(16-15)8-14(9-13)19(20)21/h7-9,11,16H,3-6,10,15H2,1-2H3. The summed E-state index contributed by atoms with van der Waals surface area (Å²) in [6.07, 6.45) is 2.33. The Kier molecular flexibility index (Phi) is 4.98. The molecular formula is C14H23N5O2. The molecule has 3 N–H and O–H groups in total. The lowest BCUT2D eigenvalue weighted by Gasteiger charge is -2.32. The van der Waals surface area contributed by atoms with E-state index in [2.05, 4.69) is 22.3 Å². The number of nitrogen functional groups attached to an aromatic ring is 1. The molecule has 7 nitrogen and oxygen atoms in total. The topological polar surface area (TPSA) is 87.7 Å². The van der Waals surface area contributed by atoms with Crippen LogP contribution in [0.4, 0.5) is 17.1 Å². The van der Waals surface area contributed by atoms with Crippen LogP contribution in [0.5, 0.6) is 0 Å². The molecule has 0 unspecified atom stereocenters. The second-order valence-corrected chi connectivity index (χ2v) is 5.77. The van der Waals surface area contributed by atoms with Crippen LogP contribution < -0.4 is 16.2 Å². The molecule has 2 rings (SSSR count). The number of nitro benzene ring substituents is 1. The number of benzene rings is 1. The third kappa shape index (κ3) is 4.05. The fraction of sp³-hybridized carbons (Fsp3) is 0.571. The number of nitrogens with one attached hydrogen (secondary N) is 1. The third-order valence-electron chi connectivity index (χ3n) is 4.09. The number of likely N-dealkylation sites (tertiary alicyclic amines) is 1. The van der Waals surface area contributed by atoms with Crippen molar-refractivity contribution in [3.63, 3.8) is 0 Å². The predicted octanol–water partition coefficient (Wildman–Crippen LogP) is 1.66. The van der Waals surface area contributed by atoms with Crippen molar-refractivity contribution in [3.05, 3.63) is 28.3 Å². The number of anilines is 2. The summed E-state index contributed by atoms with van der Waals surface area (Å²) < 4.78 is 0. The zero-order chi connectivity index (χ0) is 15.4. The Hall–Kier alpha value is -1.86. The Labute approximate surface area is 124 Å². The SMILES string of the molecule is CN1CCC(CN(C)c2cc(NN)cc([N+](=O)[O-])c2)CC1. The van der Waals surface area contributed by atoms with Crippen LogP contribution in [0.1, 0.15) is 12.8 Å². The van der Waals surface area contributed by atoms with Crippen LogP contribution in [-0.2, 0) is 0 Å². The van der Waals surface area contributed by atoms with Gasteiger partial charge in [0.1, 0.15) is 0 Å². The van der Waals surface area contributed by atoms with Gasteiger partial charge in [-0.05, 0) is 45.0 Å². The van der Waals surface area contributed by atoms with E-state index in [1.54, 1.807) is 6.07 Å². The molecule has 0 radical (unpaired) electrons. The van der Waals surface area contributed by atoms with Crippen molar-refractivity contribution in [1.82, 2.24) is 4.90 Å². The van der Waals surface area contributed by atoms with Gasteiger partial charge in [0, 0.05) is 31.4 Å². The second kappa shape index (κ2) is 6.73. The Morgan fingerprint density at radius 1 is 1.43 bits per heavy atom. The summed E-state index contributed by atoms with van der Waals surface area (Å²) in [4.78, 5) is 15.0. The summed E-state index contributed by atoms with van der Waals surface area (Å²) in [6, 6.07) is 4.87. The van der Waals surface area contributed by atoms with Gasteiger partial charge in [0.05, 0.1) is 10.6 Å². The van der Waals surface area contributed by atoms with Gasteiger partial charge in [-0.1, -0.05) is 0 Å². The van der Waals surface area contributed by atoms with Crippen LogP contribution in [0.25, 0.3) is 0 Å². The number of non-ortho nitro benzene ring substituents is 1. The molecule has 1 heterocycles. The third-order valence-corrected chi connectivity index (χ3v) is 4.09. The quantitative estimate of drug-likeness (QED) is 0.488. The van der Waals surface area contributed by atoms with Gasteiger partial charge >= 0.3 is 0 Å². The number of piperidine rings is 1. The maximum Gasteiger partial charge on any atom is 0.273 e. The van der Waals surface area contributed by atoms with Crippen molar-refractivity contribution < 1.29 is 4.92 Å². The van der Waals surface area contributed by atoms with Crippen molar-refractivity contribution in [3.8, 4) is 0 Å². The molecule has 116 valence electrons. The number of hydrogen-bond donors (Lipinski definition) is 2. The van der Waals surface area contributed by atoms with Gasteiger partial charge < -0.3 is 15.2 Å². The van der Waals surface area contributed by atoms with E-state index in [0.717, 1.165) is 38.2 Å². The number of nitrogens with zero attached hydrogens (tertiary/aromatic N) is 3. The lowest BCUT2D eigenvalue weighted by Crippen LogP contribution is -2.35. The van der Waals surface area contributed by atoms with Gasteiger partial charge in [0.15, 0.2) is 0 Å². The number of nitrogens with two attached hydrogens (primary N) is 1. The number of rotatable bonds is 5. The molecule has 1 saturated heterocycles. The molecule has 0 spiro atoms. The van der Waals surface area contributed by atoms with Crippen LogP contribution >= 0.6 is 0 Å². The van der Waals surface area contributed by atoms with Gasteiger partial charge in [-0.3, -0.25) is 16.0 Å². The molecule has 0 atom stereocenters. The average molecular weight is 293 g/mol. The highest BCUT2D eigenvalue weighted by Gasteiger charge is 2.19. The lowest BCUT2D eigenvalue weighted by molar-refractivity contribution is -0.384. The van der Waals surface area contributed by atoms with E-state index in [0.29, 0.717) is 11.6 Å². The van der Waals surface area contributed by atoms with Gasteiger partial charge in [-0.25, -0.2) is 0 Å². The highest BCUT2D eigenvalue weighted by Crippen LogP contribution is 2.27. The Morgan fingerprint density at radius 3 is 2.67 bits per heavy atom. The minimum atomic E-state index is -0.395. The first-order valence-electron chi connectivity index (χ1n) is 7.15. The molecule has 21 heavy (non-hydrogen) atoms. The Bertz CT molecular complexity index is 500. The number of hydrazine groups is 1. The Morgan fingerprint density at radius 2 is 2.10 bits per heavy atom. The summed E-state index contributed by atoms with van der Waals surface area (Å²) in [7, 11) is 4.11. The molecule has 1 aromatic carbocycles.